The van der Waals surface area contributed by atoms with Crippen molar-refractivity contribution >= 4 is 23.8 Å². The first kappa shape index (κ1) is 27.6. The van der Waals surface area contributed by atoms with Gasteiger partial charge < -0.3 is 35.8 Å². The Bertz CT molecular complexity index is 1040. The molecule has 1 aromatic rings. The van der Waals surface area contributed by atoms with Gasteiger partial charge in [-0.15, -0.1) is 0 Å². The van der Waals surface area contributed by atoms with E-state index >= 15 is 0 Å². The molecule has 0 radical (unpaired) electrons. The van der Waals surface area contributed by atoms with Crippen LogP contribution in [0.1, 0.15) is 44.2 Å². The van der Waals surface area contributed by atoms with E-state index in [2.05, 4.69) is 21.3 Å². The lowest BCUT2D eigenvalue weighted by atomic mass is 10.00. The molecule has 11 nitrogen and oxygen atoms in total. The van der Waals surface area contributed by atoms with E-state index in [0.29, 0.717) is 38.8 Å². The van der Waals surface area contributed by atoms with Gasteiger partial charge in [0.25, 0.3) is 0 Å². The van der Waals surface area contributed by atoms with E-state index in [1.54, 1.807) is 18.9 Å². The van der Waals surface area contributed by atoms with Gasteiger partial charge in [-0.3, -0.25) is 14.4 Å². The zero-order chi connectivity index (χ0) is 27.2. The number of hydrogen-bond donors (Lipinski definition) is 4. The Morgan fingerprint density at radius 2 is 1.89 bits per heavy atom. The molecule has 0 spiro atoms. The van der Waals surface area contributed by atoms with Gasteiger partial charge in [0, 0.05) is 31.1 Å². The summed E-state index contributed by atoms with van der Waals surface area (Å²) in [5.74, 6) is -0.302. The van der Waals surface area contributed by atoms with Crippen molar-refractivity contribution in [1.82, 2.24) is 31.1 Å². The second-order valence-corrected chi connectivity index (χ2v) is 9.96. The third-order valence-corrected chi connectivity index (χ3v) is 7.57. The number of ether oxygens (including phenoxy) is 1. The Morgan fingerprint density at radius 3 is 2.66 bits per heavy atom. The Hall–Kier alpha value is -3.41. The fourth-order valence-corrected chi connectivity index (χ4v) is 5.38. The van der Waals surface area contributed by atoms with Gasteiger partial charge in [0.1, 0.15) is 24.5 Å². The number of alkyl halides is 1. The predicted molar refractivity (Wildman–Crippen MR) is 137 cm³/mol. The minimum atomic E-state index is -1.05. The zero-order valence-corrected chi connectivity index (χ0v) is 21.9. The molecule has 0 saturated carbocycles. The molecule has 0 aliphatic carbocycles. The molecule has 0 aromatic heterocycles. The van der Waals surface area contributed by atoms with Crippen molar-refractivity contribution in [3.8, 4) is 5.75 Å². The monoisotopic (exact) mass is 532 g/mol. The maximum absolute atomic E-state index is 13.9. The molecule has 4 rings (SSSR count). The number of carbonyl (C=O) groups excluding carboxylic acids is 4. The van der Waals surface area contributed by atoms with Crippen LogP contribution in [-0.4, -0.2) is 97.7 Å². The van der Waals surface area contributed by atoms with E-state index in [1.165, 1.54) is 4.90 Å². The Labute approximate surface area is 221 Å². The lowest BCUT2D eigenvalue weighted by molar-refractivity contribution is -0.145. The van der Waals surface area contributed by atoms with Crippen molar-refractivity contribution in [1.29, 1.82) is 0 Å². The highest BCUT2D eigenvalue weighted by atomic mass is 19.1. The van der Waals surface area contributed by atoms with E-state index in [-0.39, 0.29) is 31.1 Å². The van der Waals surface area contributed by atoms with Crippen LogP contribution in [0.2, 0.25) is 0 Å². The fraction of sp³-hybridized carbons (Fsp3) is 0.615. The second-order valence-electron chi connectivity index (χ2n) is 9.96. The van der Waals surface area contributed by atoms with Gasteiger partial charge >= 0.3 is 6.03 Å². The number of nitrogens with zero attached hydrogens (tertiary/aromatic N) is 2. The molecule has 1 aromatic carbocycles. The highest BCUT2D eigenvalue weighted by Gasteiger charge is 2.46. The van der Waals surface area contributed by atoms with Gasteiger partial charge in [0.05, 0.1) is 25.2 Å². The standard InChI is InChI=1S/C26H37FN6O5/c1-16(28-2)23(34)31-20-15-32(26(37)29-12-11-27)13-9-17-7-8-21(33(17)25(20)36)24(35)30-19-10-14-38-22-6-4-3-5-18(19)22/h3-6,16-17,19-21,28H,7-15H2,1-2H3,(H,29,37)(H,30,35)(H,31,34)/t16-,17+,19+,20-,21-/m0/s1. The van der Waals surface area contributed by atoms with Crippen LogP contribution in [0.15, 0.2) is 24.3 Å². The van der Waals surface area contributed by atoms with Crippen LogP contribution >= 0.6 is 0 Å². The van der Waals surface area contributed by atoms with Gasteiger partial charge in [-0.25, -0.2) is 9.18 Å². The summed E-state index contributed by atoms with van der Waals surface area (Å²) in [5.41, 5.74) is 0.904. The summed E-state index contributed by atoms with van der Waals surface area (Å²) in [4.78, 5) is 55.8. The van der Waals surface area contributed by atoms with Gasteiger partial charge in [0.2, 0.25) is 17.7 Å². The quantitative estimate of drug-likeness (QED) is 0.404. The van der Waals surface area contributed by atoms with Crippen molar-refractivity contribution in [2.45, 2.75) is 62.8 Å². The number of benzene rings is 1. The minimum Gasteiger partial charge on any atom is -0.493 e. The Balaban J connectivity index is 1.53. The smallest absolute Gasteiger partial charge is 0.317 e. The first-order valence-electron chi connectivity index (χ1n) is 13.2. The van der Waals surface area contributed by atoms with Gasteiger partial charge in [0.15, 0.2) is 0 Å². The van der Waals surface area contributed by atoms with Crippen LogP contribution in [0.25, 0.3) is 0 Å². The van der Waals surface area contributed by atoms with Crippen molar-refractivity contribution in [3.05, 3.63) is 29.8 Å². The maximum Gasteiger partial charge on any atom is 0.317 e. The van der Waals surface area contributed by atoms with E-state index in [1.807, 2.05) is 24.3 Å². The van der Waals surface area contributed by atoms with Crippen molar-refractivity contribution in [2.24, 2.45) is 0 Å². The molecule has 2 fully saturated rings. The van der Waals surface area contributed by atoms with Crippen molar-refractivity contribution in [2.75, 3.05) is 40.0 Å². The summed E-state index contributed by atoms with van der Waals surface area (Å²) in [6, 6.07) is 4.30. The zero-order valence-electron chi connectivity index (χ0n) is 21.9. The third kappa shape index (κ3) is 6.01. The molecule has 38 heavy (non-hydrogen) atoms. The van der Waals surface area contributed by atoms with E-state index in [9.17, 15) is 23.6 Å². The SMILES string of the molecule is CN[C@@H](C)C(=O)N[C@H]1CN(C(=O)NCCF)CC[C@H]2CC[C@@H](C(=O)N[C@@H]3CCOc4ccccc43)N2C1=O. The molecule has 4 N–H and O–H groups in total. The molecule has 2 saturated heterocycles. The molecule has 3 heterocycles. The number of fused-ring (bicyclic) bond motifs is 2. The third-order valence-electron chi connectivity index (χ3n) is 7.57. The molecule has 3 aliphatic rings. The van der Waals surface area contributed by atoms with Gasteiger partial charge in [-0.1, -0.05) is 18.2 Å². The summed E-state index contributed by atoms with van der Waals surface area (Å²) in [7, 11) is 1.63. The van der Waals surface area contributed by atoms with Gasteiger partial charge in [-0.05, 0) is 39.3 Å². The molecular weight excluding hydrogens is 495 g/mol. The maximum atomic E-state index is 13.9. The first-order valence-corrected chi connectivity index (χ1v) is 13.2. The summed E-state index contributed by atoms with van der Waals surface area (Å²) >= 11 is 0. The molecule has 0 bridgehead atoms. The number of para-hydroxylation sites is 1. The molecule has 5 atom stereocenters. The number of halogens is 1. The molecule has 5 amide bonds. The highest BCUT2D eigenvalue weighted by Crippen LogP contribution is 2.33. The average Bonchev–Trinajstić information content (AvgIpc) is 3.35. The summed E-state index contributed by atoms with van der Waals surface area (Å²) in [6.07, 6.45) is 2.18. The summed E-state index contributed by atoms with van der Waals surface area (Å²) in [6.45, 7) is 1.53. The van der Waals surface area contributed by atoms with Crippen LogP contribution in [0.5, 0.6) is 5.75 Å². The average molecular weight is 533 g/mol. The van der Waals surface area contributed by atoms with Crippen molar-refractivity contribution < 1.29 is 28.3 Å². The molecule has 12 heteroatoms. The lowest BCUT2D eigenvalue weighted by Crippen LogP contribution is -2.63. The number of hydrogen-bond acceptors (Lipinski definition) is 6. The number of amides is 5. The van der Waals surface area contributed by atoms with Crippen LogP contribution < -0.4 is 26.0 Å². The van der Waals surface area contributed by atoms with Crippen LogP contribution in [0.4, 0.5) is 9.18 Å². The summed E-state index contributed by atoms with van der Waals surface area (Å²) in [5, 5.41) is 11.2. The lowest BCUT2D eigenvalue weighted by Gasteiger charge is -2.39. The number of urea groups is 1. The number of rotatable bonds is 7. The molecular formula is C26H37FN6O5. The number of carbonyl (C=O) groups is 4. The number of likely N-dealkylation sites (N-methyl/N-ethyl adjacent to an activating group) is 1. The van der Waals surface area contributed by atoms with E-state index < -0.39 is 42.6 Å². The number of nitrogens with one attached hydrogen (secondary N) is 4. The van der Waals surface area contributed by atoms with Gasteiger partial charge in [-0.2, -0.15) is 0 Å². The normalized spacial score (nSPS) is 25.7. The minimum absolute atomic E-state index is 0.0793. The van der Waals surface area contributed by atoms with Crippen LogP contribution in [0, 0.1) is 0 Å². The molecule has 3 aliphatic heterocycles. The molecule has 208 valence electrons. The van der Waals surface area contributed by atoms with Crippen molar-refractivity contribution in [3.63, 3.8) is 0 Å². The van der Waals surface area contributed by atoms with Crippen LogP contribution in [-0.2, 0) is 14.4 Å². The van der Waals surface area contributed by atoms with E-state index in [0.717, 1.165) is 11.3 Å². The first-order chi connectivity index (χ1) is 18.3. The highest BCUT2D eigenvalue weighted by molar-refractivity contribution is 5.94. The molecule has 0 unspecified atom stereocenters. The topological polar surface area (TPSA) is 132 Å². The Morgan fingerprint density at radius 1 is 1.11 bits per heavy atom. The van der Waals surface area contributed by atoms with Crippen LogP contribution in [0.3, 0.4) is 0 Å². The fourth-order valence-electron chi connectivity index (χ4n) is 5.38. The summed E-state index contributed by atoms with van der Waals surface area (Å²) < 4.78 is 18.4. The van der Waals surface area contributed by atoms with E-state index in [4.69, 9.17) is 4.74 Å². The largest absolute Gasteiger partial charge is 0.493 e. The Kier molecular flexibility index (Phi) is 9.03. The predicted octanol–water partition coefficient (Wildman–Crippen LogP) is 0.464. The second kappa shape index (κ2) is 12.4.